The van der Waals surface area contributed by atoms with Crippen molar-refractivity contribution < 1.29 is 4.74 Å². The van der Waals surface area contributed by atoms with Crippen LogP contribution in [0.2, 0.25) is 0 Å². The van der Waals surface area contributed by atoms with Gasteiger partial charge in [0.2, 0.25) is 0 Å². The second kappa shape index (κ2) is 7.86. The van der Waals surface area contributed by atoms with Crippen molar-refractivity contribution in [3.63, 3.8) is 0 Å². The summed E-state index contributed by atoms with van der Waals surface area (Å²) in [5.74, 6) is 0.607. The van der Waals surface area contributed by atoms with Crippen LogP contribution in [0.3, 0.4) is 0 Å². The van der Waals surface area contributed by atoms with E-state index in [9.17, 15) is 0 Å². The van der Waals surface area contributed by atoms with Gasteiger partial charge in [0.05, 0.1) is 6.61 Å². The van der Waals surface area contributed by atoms with E-state index in [-0.39, 0.29) is 0 Å². The predicted molar refractivity (Wildman–Crippen MR) is 84.9 cm³/mol. The van der Waals surface area contributed by atoms with Crippen LogP contribution in [0.5, 0.6) is 0 Å². The Morgan fingerprint density at radius 3 is 2.35 bits per heavy atom. The lowest BCUT2D eigenvalue weighted by Crippen LogP contribution is -1.99. The molecule has 0 N–H and O–H groups in total. The van der Waals surface area contributed by atoms with Crippen molar-refractivity contribution in [2.24, 2.45) is 0 Å². The van der Waals surface area contributed by atoms with E-state index in [0.29, 0.717) is 5.92 Å². The molecule has 0 radical (unpaired) electrons. The van der Waals surface area contributed by atoms with Crippen molar-refractivity contribution >= 4 is 0 Å². The third kappa shape index (κ3) is 4.82. The van der Waals surface area contributed by atoms with Gasteiger partial charge in [-0.05, 0) is 36.8 Å². The lowest BCUT2D eigenvalue weighted by molar-refractivity contribution is 0.116. The SMILES string of the molecule is Cc1ccc(C(C)CCCOCc2ccccc2)cc1. The molecule has 0 spiro atoms. The van der Waals surface area contributed by atoms with E-state index < -0.39 is 0 Å². The maximum Gasteiger partial charge on any atom is 0.0716 e. The summed E-state index contributed by atoms with van der Waals surface area (Å²) < 4.78 is 5.73. The van der Waals surface area contributed by atoms with Gasteiger partial charge in [0, 0.05) is 6.61 Å². The molecule has 0 aromatic heterocycles. The number of benzene rings is 2. The van der Waals surface area contributed by atoms with Crippen molar-refractivity contribution in [2.45, 2.75) is 39.2 Å². The Kier molecular flexibility index (Phi) is 5.82. The Hall–Kier alpha value is -1.60. The van der Waals surface area contributed by atoms with Crippen molar-refractivity contribution in [3.05, 3.63) is 71.3 Å². The smallest absolute Gasteiger partial charge is 0.0716 e. The minimum absolute atomic E-state index is 0.607. The van der Waals surface area contributed by atoms with Gasteiger partial charge in [-0.3, -0.25) is 0 Å². The van der Waals surface area contributed by atoms with Gasteiger partial charge in [-0.25, -0.2) is 0 Å². The second-order valence-corrected chi connectivity index (χ2v) is 5.49. The van der Waals surface area contributed by atoms with Crippen molar-refractivity contribution in [3.8, 4) is 0 Å². The van der Waals surface area contributed by atoms with E-state index in [2.05, 4.69) is 62.4 Å². The summed E-state index contributed by atoms with van der Waals surface area (Å²) in [6, 6.07) is 19.2. The Morgan fingerprint density at radius 2 is 1.65 bits per heavy atom. The first-order valence-electron chi connectivity index (χ1n) is 7.44. The van der Waals surface area contributed by atoms with Crippen LogP contribution in [-0.2, 0) is 11.3 Å². The van der Waals surface area contributed by atoms with Gasteiger partial charge in [-0.2, -0.15) is 0 Å². The zero-order valence-electron chi connectivity index (χ0n) is 12.5. The molecule has 2 aromatic rings. The van der Waals surface area contributed by atoms with E-state index in [1.54, 1.807) is 0 Å². The summed E-state index contributed by atoms with van der Waals surface area (Å²) in [6.07, 6.45) is 2.29. The second-order valence-electron chi connectivity index (χ2n) is 5.49. The summed E-state index contributed by atoms with van der Waals surface area (Å²) in [4.78, 5) is 0. The van der Waals surface area contributed by atoms with Crippen LogP contribution < -0.4 is 0 Å². The third-order valence-electron chi connectivity index (χ3n) is 3.68. The molecule has 20 heavy (non-hydrogen) atoms. The van der Waals surface area contributed by atoms with Crippen LogP contribution in [0.25, 0.3) is 0 Å². The molecule has 0 saturated heterocycles. The predicted octanol–water partition coefficient (Wildman–Crippen LogP) is 5.10. The molecule has 1 atom stereocenters. The molecule has 1 unspecified atom stereocenters. The highest BCUT2D eigenvalue weighted by Crippen LogP contribution is 2.20. The van der Waals surface area contributed by atoms with Gasteiger partial charge in [-0.1, -0.05) is 67.1 Å². The van der Waals surface area contributed by atoms with E-state index in [4.69, 9.17) is 4.74 Å². The molecule has 106 valence electrons. The number of rotatable bonds is 7. The summed E-state index contributed by atoms with van der Waals surface area (Å²) in [7, 11) is 0. The monoisotopic (exact) mass is 268 g/mol. The zero-order chi connectivity index (χ0) is 14.2. The molecule has 0 heterocycles. The molecule has 1 nitrogen and oxygen atoms in total. The van der Waals surface area contributed by atoms with Crippen molar-refractivity contribution in [1.29, 1.82) is 0 Å². The van der Waals surface area contributed by atoms with Gasteiger partial charge < -0.3 is 4.74 Å². The number of aryl methyl sites for hydroxylation is 1. The molecule has 0 aliphatic rings. The third-order valence-corrected chi connectivity index (χ3v) is 3.68. The highest BCUT2D eigenvalue weighted by atomic mass is 16.5. The lowest BCUT2D eigenvalue weighted by atomic mass is 9.96. The zero-order valence-corrected chi connectivity index (χ0v) is 12.5. The van der Waals surface area contributed by atoms with Crippen LogP contribution in [-0.4, -0.2) is 6.61 Å². The van der Waals surface area contributed by atoms with Crippen LogP contribution in [0.1, 0.15) is 42.4 Å². The first kappa shape index (κ1) is 14.8. The summed E-state index contributed by atoms with van der Waals surface area (Å²) in [5.41, 5.74) is 4.00. The summed E-state index contributed by atoms with van der Waals surface area (Å²) >= 11 is 0. The minimum Gasteiger partial charge on any atom is -0.377 e. The summed E-state index contributed by atoms with van der Waals surface area (Å²) in [6.45, 7) is 5.98. The Bertz CT molecular complexity index is 487. The molecule has 0 amide bonds. The fourth-order valence-electron chi connectivity index (χ4n) is 2.32. The summed E-state index contributed by atoms with van der Waals surface area (Å²) in [5, 5.41) is 0. The van der Waals surface area contributed by atoms with Crippen molar-refractivity contribution in [2.75, 3.05) is 6.61 Å². The largest absolute Gasteiger partial charge is 0.377 e. The molecular formula is C19H24O. The van der Waals surface area contributed by atoms with E-state index in [0.717, 1.165) is 19.6 Å². The highest BCUT2D eigenvalue weighted by molar-refractivity contribution is 5.23. The normalized spacial score (nSPS) is 12.3. The number of ether oxygens (including phenoxy) is 1. The molecule has 2 rings (SSSR count). The van der Waals surface area contributed by atoms with Gasteiger partial charge >= 0.3 is 0 Å². The Balaban J connectivity index is 1.64. The molecule has 0 bridgehead atoms. The van der Waals surface area contributed by atoms with Gasteiger partial charge in [0.15, 0.2) is 0 Å². The van der Waals surface area contributed by atoms with Gasteiger partial charge in [-0.15, -0.1) is 0 Å². The molecule has 2 aromatic carbocycles. The molecule has 0 aliphatic heterocycles. The molecule has 0 aliphatic carbocycles. The maximum absolute atomic E-state index is 5.73. The van der Waals surface area contributed by atoms with Crippen LogP contribution in [0.15, 0.2) is 54.6 Å². The Labute approximate surface area is 122 Å². The fourth-order valence-corrected chi connectivity index (χ4v) is 2.32. The van der Waals surface area contributed by atoms with E-state index in [1.807, 2.05) is 6.07 Å². The van der Waals surface area contributed by atoms with Gasteiger partial charge in [0.25, 0.3) is 0 Å². The van der Waals surface area contributed by atoms with Crippen LogP contribution >= 0.6 is 0 Å². The average Bonchev–Trinajstić information content (AvgIpc) is 2.48. The standard InChI is InChI=1S/C19H24O/c1-16-10-12-19(13-11-16)17(2)7-6-14-20-15-18-8-4-3-5-9-18/h3-5,8-13,17H,6-7,14-15H2,1-2H3. The quantitative estimate of drug-likeness (QED) is 0.635. The first-order chi connectivity index (χ1) is 9.75. The first-order valence-corrected chi connectivity index (χ1v) is 7.44. The molecule has 0 fully saturated rings. The number of hydrogen-bond acceptors (Lipinski definition) is 1. The molecular weight excluding hydrogens is 244 g/mol. The van der Waals surface area contributed by atoms with Crippen LogP contribution in [0, 0.1) is 6.92 Å². The van der Waals surface area contributed by atoms with Crippen LogP contribution in [0.4, 0.5) is 0 Å². The van der Waals surface area contributed by atoms with E-state index in [1.165, 1.54) is 23.1 Å². The topological polar surface area (TPSA) is 9.23 Å². The highest BCUT2D eigenvalue weighted by Gasteiger charge is 2.04. The molecule has 0 saturated carbocycles. The van der Waals surface area contributed by atoms with E-state index >= 15 is 0 Å². The average molecular weight is 268 g/mol. The number of hydrogen-bond donors (Lipinski definition) is 0. The van der Waals surface area contributed by atoms with Gasteiger partial charge in [0.1, 0.15) is 0 Å². The lowest BCUT2D eigenvalue weighted by Gasteiger charge is -2.12. The maximum atomic E-state index is 5.73. The Morgan fingerprint density at radius 1 is 0.950 bits per heavy atom. The fraction of sp³-hybridized carbons (Fsp3) is 0.368. The molecule has 1 heteroatoms. The minimum atomic E-state index is 0.607. The van der Waals surface area contributed by atoms with Crippen molar-refractivity contribution in [1.82, 2.24) is 0 Å².